The minimum Gasteiger partial charge on any atom is -0.308 e. The molecule has 123 heavy (non-hydrogen) atoms. The molecule has 0 fully saturated rings. The average molecular weight is 1580 g/mol. The van der Waals surface area contributed by atoms with E-state index in [1.807, 2.05) is 249 Å². The molecule has 0 unspecified atom stereocenters. The summed E-state index contributed by atoms with van der Waals surface area (Å²) in [4.78, 5) is 59.3. The minimum absolute atomic E-state index is 0.215. The lowest BCUT2D eigenvalue weighted by Crippen LogP contribution is -2.05. The van der Waals surface area contributed by atoms with Crippen LogP contribution in [-0.2, 0) is 6.42 Å². The molecule has 0 saturated heterocycles. The summed E-state index contributed by atoms with van der Waals surface area (Å²) in [6.07, 6.45) is 1.06. The Morgan fingerprint density at radius 3 is 0.846 bits per heavy atom. The molecule has 13 nitrogen and oxygen atoms in total. The van der Waals surface area contributed by atoms with Crippen LogP contribution in [-0.4, -0.2) is 64.4 Å². The van der Waals surface area contributed by atoms with Gasteiger partial charge < -0.3 is 4.57 Å². The zero-order valence-electron chi connectivity index (χ0n) is 66.3. The number of halogens is 1. The van der Waals surface area contributed by atoms with E-state index in [0.717, 1.165) is 101 Å². The summed E-state index contributed by atoms with van der Waals surface area (Å²) < 4.78 is 17.9. The van der Waals surface area contributed by atoms with Crippen molar-refractivity contribution in [2.45, 2.75) is 6.42 Å². The van der Waals surface area contributed by atoms with Gasteiger partial charge in [0.2, 0.25) is 0 Å². The van der Waals surface area contributed by atoms with Gasteiger partial charge in [0.1, 0.15) is 5.82 Å². The Hall–Kier alpha value is -16.7. The van der Waals surface area contributed by atoms with Crippen LogP contribution in [0.25, 0.3) is 198 Å². The molecule has 5 aromatic heterocycles. The lowest BCUT2D eigenvalue weighted by atomic mass is 9.99. The number of hydrogen-bond donors (Lipinski definition) is 0. The zero-order chi connectivity index (χ0) is 82.2. The Morgan fingerprint density at radius 1 is 0.171 bits per heavy atom. The second kappa shape index (κ2) is 34.1. The fourth-order valence-electron chi connectivity index (χ4n) is 15.6. The third-order valence-corrected chi connectivity index (χ3v) is 21.7. The van der Waals surface area contributed by atoms with Crippen molar-refractivity contribution in [2.75, 3.05) is 0 Å². The van der Waals surface area contributed by atoms with Crippen molar-refractivity contribution >= 4 is 21.8 Å². The zero-order valence-corrected chi connectivity index (χ0v) is 66.3. The minimum atomic E-state index is -0.464. The molecule has 1 aliphatic rings. The molecule has 16 aromatic carbocycles. The van der Waals surface area contributed by atoms with Crippen molar-refractivity contribution in [1.82, 2.24) is 64.4 Å². The third kappa shape index (κ3) is 16.0. The van der Waals surface area contributed by atoms with Gasteiger partial charge in [-0.05, 0) is 99.5 Å². The maximum Gasteiger partial charge on any atom is 0.167 e. The molecule has 22 rings (SSSR count). The van der Waals surface area contributed by atoms with Gasteiger partial charge in [-0.25, -0.2) is 64.2 Å². The summed E-state index contributed by atoms with van der Waals surface area (Å²) in [6.45, 7) is 0. The Morgan fingerprint density at radius 2 is 0.447 bits per heavy atom. The van der Waals surface area contributed by atoms with Crippen molar-refractivity contribution in [3.05, 3.63) is 442 Å². The van der Waals surface area contributed by atoms with Gasteiger partial charge in [-0.1, -0.05) is 376 Å². The van der Waals surface area contributed by atoms with Gasteiger partial charge in [0.25, 0.3) is 0 Å². The summed E-state index contributed by atoms with van der Waals surface area (Å²) in [6, 6.07) is 142. The highest BCUT2D eigenvalue weighted by Crippen LogP contribution is 2.43. The number of rotatable bonds is 15. The van der Waals surface area contributed by atoms with E-state index in [0.29, 0.717) is 69.6 Å². The number of aromatic nitrogens is 13. The summed E-state index contributed by atoms with van der Waals surface area (Å²) in [5.74, 6) is 5.49. The van der Waals surface area contributed by atoms with Crippen LogP contribution in [0.4, 0.5) is 4.39 Å². The van der Waals surface area contributed by atoms with E-state index in [2.05, 4.69) is 162 Å². The molecule has 0 bridgehead atoms. The summed E-state index contributed by atoms with van der Waals surface area (Å²) in [5, 5.41) is 2.29. The molecule has 5 heterocycles. The first-order valence-corrected chi connectivity index (χ1v) is 40.6. The van der Waals surface area contributed by atoms with Gasteiger partial charge in [-0.15, -0.1) is 0 Å². The van der Waals surface area contributed by atoms with E-state index in [4.69, 9.17) is 59.8 Å². The number of para-hydroxylation sites is 1. The molecule has 0 radical (unpaired) electrons. The predicted molar refractivity (Wildman–Crippen MR) is 492 cm³/mol. The number of nitrogens with zero attached hydrogens (tertiary/aromatic N) is 13. The molecule has 14 heteroatoms. The molecule has 21 aromatic rings. The van der Waals surface area contributed by atoms with Crippen LogP contribution in [0, 0.1) is 5.82 Å². The van der Waals surface area contributed by atoms with E-state index in [1.165, 1.54) is 39.4 Å². The van der Waals surface area contributed by atoms with E-state index in [1.54, 1.807) is 12.1 Å². The Bertz CT molecular complexity index is 7140. The van der Waals surface area contributed by atoms with Gasteiger partial charge in [0.15, 0.2) is 69.9 Å². The molecular formula is C109H72FN13. The molecule has 1 aliphatic carbocycles. The molecular weight excluding hydrogens is 1510 g/mol. The van der Waals surface area contributed by atoms with Crippen molar-refractivity contribution in [3.63, 3.8) is 0 Å². The standard InChI is InChI=1S/C54H35N7.C36H23FN6.C19H14/c1-6-18-36(19-7-1)41-30-32-44-43-28-16-17-29-46(43)61(48(44)35-41)47-33-31-42(53-57-49(37-20-8-2-9-21-37)55-50(58-53)38-22-10-3-11-23-38)34-45(47)54-59-51(39-24-12-4-13-25-39)56-52(60-54)40-26-14-5-15-27-40;37-30-22-21-28(35-40-31(24-13-5-1-6-14-24)38-32(41-35)25-15-7-2-8-16-25)23-29(30)36-42-33(26-17-9-3-10-18-26)39-34(43-36)27-19-11-4-12-20-27;1-2-6-14(7-3-1)15-10-11-19-17(12-15)13-16-8-4-5-9-18(16)19/h1-35H;1-23H;1-12H,13H2. The van der Waals surface area contributed by atoms with Crippen LogP contribution in [0.1, 0.15) is 11.1 Å². The third-order valence-electron chi connectivity index (χ3n) is 21.7. The van der Waals surface area contributed by atoms with E-state index < -0.39 is 5.82 Å². The van der Waals surface area contributed by atoms with E-state index in [-0.39, 0.29) is 11.4 Å². The van der Waals surface area contributed by atoms with Gasteiger partial charge in [0.05, 0.1) is 22.3 Å². The molecule has 0 spiro atoms. The summed E-state index contributed by atoms with van der Waals surface area (Å²) >= 11 is 0. The number of hydrogen-bond acceptors (Lipinski definition) is 12. The molecule has 0 N–H and O–H groups in total. The van der Waals surface area contributed by atoms with E-state index in [9.17, 15) is 0 Å². The molecule has 0 amide bonds. The Labute approximate surface area is 709 Å². The molecule has 580 valence electrons. The lowest BCUT2D eigenvalue weighted by Gasteiger charge is -2.16. The van der Waals surface area contributed by atoms with Crippen LogP contribution in [0.15, 0.2) is 425 Å². The van der Waals surface area contributed by atoms with Crippen molar-refractivity contribution < 1.29 is 4.39 Å². The van der Waals surface area contributed by atoms with Crippen molar-refractivity contribution in [2.24, 2.45) is 0 Å². The van der Waals surface area contributed by atoms with Crippen LogP contribution in [0.3, 0.4) is 0 Å². The maximum absolute atomic E-state index is 15.6. The molecule has 0 saturated carbocycles. The highest BCUT2D eigenvalue weighted by atomic mass is 19.1. The first kappa shape index (κ1) is 75.1. The Balaban J connectivity index is 0.000000133. The monoisotopic (exact) mass is 1580 g/mol. The van der Waals surface area contributed by atoms with Crippen molar-refractivity contribution in [1.29, 1.82) is 0 Å². The van der Waals surface area contributed by atoms with Crippen LogP contribution in [0.5, 0.6) is 0 Å². The van der Waals surface area contributed by atoms with Gasteiger partial charge in [0, 0.05) is 72.0 Å². The highest BCUT2D eigenvalue weighted by molar-refractivity contribution is 6.11. The second-order valence-corrected chi connectivity index (χ2v) is 29.6. The average Bonchev–Trinajstić information content (AvgIpc) is 1.60. The SMILES string of the molecule is Fc1ccc(-c2nc(-c3ccccc3)nc(-c3ccccc3)n2)cc1-c1nc(-c2ccccc2)nc(-c2ccccc2)n1.c1ccc(-c2ccc3c(c2)Cc2ccccc2-3)cc1.c1ccc(-c2ccc3c4ccccc4n(-c4ccc(-c5nc(-c6ccccc6)nc(-c6ccccc6)n5)cc4-c4nc(-c5ccccc5)nc(-c5ccccc5)n4)c3c2)cc1. The second-order valence-electron chi connectivity index (χ2n) is 29.6. The normalized spacial score (nSPS) is 11.3. The van der Waals surface area contributed by atoms with Gasteiger partial charge in [-0.2, -0.15) is 0 Å². The van der Waals surface area contributed by atoms with Crippen LogP contribution < -0.4 is 0 Å². The van der Waals surface area contributed by atoms with E-state index >= 15 is 4.39 Å². The van der Waals surface area contributed by atoms with Gasteiger partial charge >= 0.3 is 0 Å². The first-order valence-electron chi connectivity index (χ1n) is 40.6. The van der Waals surface area contributed by atoms with Crippen LogP contribution in [0.2, 0.25) is 0 Å². The fourth-order valence-corrected chi connectivity index (χ4v) is 15.6. The number of benzene rings is 16. The highest BCUT2D eigenvalue weighted by Gasteiger charge is 2.25. The molecule has 0 atom stereocenters. The maximum atomic E-state index is 15.6. The number of fused-ring (bicyclic) bond motifs is 6. The van der Waals surface area contributed by atoms with Crippen molar-refractivity contribution in [3.8, 4) is 176 Å². The first-order chi connectivity index (χ1) is 60.9. The topological polar surface area (TPSA) is 160 Å². The summed E-state index contributed by atoms with van der Waals surface area (Å²) in [7, 11) is 0. The summed E-state index contributed by atoms with van der Waals surface area (Å²) in [5.41, 5.74) is 22.9. The Kier molecular flexibility index (Phi) is 20.8. The predicted octanol–water partition coefficient (Wildman–Crippen LogP) is 25.9. The van der Waals surface area contributed by atoms with Gasteiger partial charge in [-0.3, -0.25) is 0 Å². The quantitative estimate of drug-likeness (QED) is 0.0957. The van der Waals surface area contributed by atoms with Crippen LogP contribution >= 0.6 is 0 Å². The largest absolute Gasteiger partial charge is 0.308 e. The smallest absolute Gasteiger partial charge is 0.167 e. The fraction of sp³-hybridized carbons (Fsp3) is 0.00917. The molecule has 0 aliphatic heterocycles. The lowest BCUT2D eigenvalue weighted by molar-refractivity contribution is 0.630.